The molecule has 4 amide bonds. The average molecular weight is 681 g/mol. The first-order valence-corrected chi connectivity index (χ1v) is 15.2. The quantitative estimate of drug-likeness (QED) is 0.160. The maximum atomic E-state index is 12.9. The van der Waals surface area contributed by atoms with Crippen LogP contribution in [0.5, 0.6) is 0 Å². The summed E-state index contributed by atoms with van der Waals surface area (Å²) >= 11 is 0. The zero-order valence-corrected chi connectivity index (χ0v) is 27.1. The molecule has 2 aliphatic rings. The molecule has 260 valence electrons. The van der Waals surface area contributed by atoms with Crippen LogP contribution in [0, 0.1) is 0 Å². The number of ether oxygens (including phenoxy) is 4. The third kappa shape index (κ3) is 9.77. The molecule has 16 heteroatoms. The average Bonchev–Trinajstić information content (AvgIpc) is 3.05. The highest BCUT2D eigenvalue weighted by Crippen LogP contribution is 2.21. The monoisotopic (exact) mass is 680 g/mol. The number of rotatable bonds is 13. The van der Waals surface area contributed by atoms with E-state index in [0.29, 0.717) is 11.1 Å². The van der Waals surface area contributed by atoms with Crippen LogP contribution in [-0.4, -0.2) is 119 Å². The molecule has 0 N–H and O–H groups in total. The number of nitrogens with zero attached hydrogens (tertiary/aromatic N) is 4. The molecule has 49 heavy (non-hydrogen) atoms. The van der Waals surface area contributed by atoms with Gasteiger partial charge in [0.25, 0.3) is 0 Å². The molecule has 4 rings (SSSR count). The minimum Gasteiger partial charge on any atom is -0.446 e. The predicted octanol–water partition coefficient (Wildman–Crippen LogP) is 0.327. The van der Waals surface area contributed by atoms with E-state index in [2.05, 4.69) is 0 Å². The van der Waals surface area contributed by atoms with Crippen molar-refractivity contribution in [3.8, 4) is 0 Å². The van der Waals surface area contributed by atoms with Gasteiger partial charge < -0.3 is 18.9 Å². The molecule has 2 aromatic carbocycles. The Kier molecular flexibility index (Phi) is 12.3. The summed E-state index contributed by atoms with van der Waals surface area (Å²) < 4.78 is 20.5. The van der Waals surface area contributed by atoms with Crippen LogP contribution in [0.2, 0.25) is 0 Å². The van der Waals surface area contributed by atoms with Gasteiger partial charge in [0, 0.05) is 37.6 Å². The van der Waals surface area contributed by atoms with Gasteiger partial charge in [0.2, 0.25) is 35.8 Å². The maximum Gasteiger partial charge on any atom is 0.353 e. The zero-order chi connectivity index (χ0) is 35.7. The Balaban J connectivity index is 1.26. The molecule has 2 heterocycles. The molecule has 2 aromatic rings. The standard InChI is InChI=1S/C33H36N4O12/c1-21(35-17-28(42)37(29(43)18-35)20-47-33(45)31(49-23(3)39)25-12-8-5-9-13-25)14-34-15-26(40)36(27(41)16-34)19-46-32(44)30(48-22(2)38)24-10-6-4-7-11-24/h4-13,21,30-31H,14-20H2,1-3H3. The van der Waals surface area contributed by atoms with Crippen molar-refractivity contribution in [2.75, 3.05) is 46.2 Å². The van der Waals surface area contributed by atoms with Crippen LogP contribution in [0.1, 0.15) is 44.1 Å². The van der Waals surface area contributed by atoms with Crippen molar-refractivity contribution in [1.82, 2.24) is 19.6 Å². The van der Waals surface area contributed by atoms with Crippen LogP contribution in [0.4, 0.5) is 0 Å². The molecule has 3 unspecified atom stereocenters. The van der Waals surface area contributed by atoms with Crippen LogP contribution in [0.3, 0.4) is 0 Å². The van der Waals surface area contributed by atoms with Gasteiger partial charge in [0.15, 0.2) is 13.5 Å². The van der Waals surface area contributed by atoms with E-state index in [4.69, 9.17) is 18.9 Å². The molecule has 0 saturated carbocycles. The minimum atomic E-state index is -1.38. The lowest BCUT2D eigenvalue weighted by molar-refractivity contribution is -0.177. The lowest BCUT2D eigenvalue weighted by atomic mass is 10.1. The molecular formula is C33H36N4O12. The van der Waals surface area contributed by atoms with Gasteiger partial charge in [0.05, 0.1) is 26.2 Å². The molecule has 16 nitrogen and oxygen atoms in total. The van der Waals surface area contributed by atoms with Crippen molar-refractivity contribution in [1.29, 1.82) is 0 Å². The number of carbonyl (C=O) groups is 8. The molecule has 0 spiro atoms. The van der Waals surface area contributed by atoms with Crippen molar-refractivity contribution >= 4 is 47.5 Å². The van der Waals surface area contributed by atoms with E-state index in [1.54, 1.807) is 77.4 Å². The summed E-state index contributed by atoms with van der Waals surface area (Å²) in [6, 6.07) is 15.8. The first-order chi connectivity index (χ1) is 23.3. The van der Waals surface area contributed by atoms with Gasteiger partial charge in [-0.05, 0) is 6.92 Å². The van der Waals surface area contributed by atoms with Crippen LogP contribution in [0.15, 0.2) is 60.7 Å². The highest BCUT2D eigenvalue weighted by Gasteiger charge is 2.38. The van der Waals surface area contributed by atoms with E-state index in [1.165, 1.54) is 0 Å². The second-order valence-electron chi connectivity index (χ2n) is 11.3. The van der Waals surface area contributed by atoms with Crippen molar-refractivity contribution in [3.63, 3.8) is 0 Å². The third-order valence-electron chi connectivity index (χ3n) is 7.62. The lowest BCUT2D eigenvalue weighted by Crippen LogP contribution is -2.60. The molecule has 3 atom stereocenters. The summed E-state index contributed by atoms with van der Waals surface area (Å²) in [7, 11) is 0. The number of piperazine rings is 2. The summed E-state index contributed by atoms with van der Waals surface area (Å²) in [6.07, 6.45) is -2.76. The summed E-state index contributed by atoms with van der Waals surface area (Å²) in [5, 5.41) is 0. The van der Waals surface area contributed by atoms with Gasteiger partial charge in [-0.1, -0.05) is 60.7 Å². The second-order valence-corrected chi connectivity index (χ2v) is 11.3. The van der Waals surface area contributed by atoms with Gasteiger partial charge in [-0.25, -0.2) is 19.4 Å². The molecule has 0 aromatic heterocycles. The maximum absolute atomic E-state index is 12.9. The number of benzene rings is 2. The fourth-order valence-electron chi connectivity index (χ4n) is 5.18. The fourth-order valence-corrected chi connectivity index (χ4v) is 5.18. The molecule has 2 saturated heterocycles. The summed E-state index contributed by atoms with van der Waals surface area (Å²) in [4.78, 5) is 105. The van der Waals surface area contributed by atoms with Gasteiger partial charge in [-0.2, -0.15) is 0 Å². The van der Waals surface area contributed by atoms with Gasteiger partial charge >= 0.3 is 23.9 Å². The Morgan fingerprint density at radius 1 is 0.612 bits per heavy atom. The molecule has 2 fully saturated rings. The molecule has 0 aliphatic carbocycles. The number of hydrogen-bond donors (Lipinski definition) is 0. The van der Waals surface area contributed by atoms with E-state index in [9.17, 15) is 38.4 Å². The van der Waals surface area contributed by atoms with Crippen molar-refractivity contribution in [2.45, 2.75) is 39.0 Å². The Bertz CT molecular complexity index is 1550. The summed E-state index contributed by atoms with van der Waals surface area (Å²) in [6.45, 7) is 1.96. The SMILES string of the molecule is CC(=O)OC(C(=O)OCN1C(=O)CN(CC(C)N2CC(=O)N(COC(=O)C(OC(C)=O)c3ccccc3)C(=O)C2)CC1=O)c1ccccc1. The van der Waals surface area contributed by atoms with E-state index in [1.807, 2.05) is 0 Å². The summed E-state index contributed by atoms with van der Waals surface area (Å²) in [5.41, 5.74) is 0.711. The fraction of sp³-hybridized carbons (Fsp3) is 0.394. The molecule has 0 radical (unpaired) electrons. The molecular weight excluding hydrogens is 644 g/mol. The lowest BCUT2D eigenvalue weighted by Gasteiger charge is -2.39. The highest BCUT2D eigenvalue weighted by atomic mass is 16.6. The van der Waals surface area contributed by atoms with E-state index >= 15 is 0 Å². The first kappa shape index (κ1) is 36.4. The van der Waals surface area contributed by atoms with Crippen molar-refractivity contribution in [2.24, 2.45) is 0 Å². The number of amides is 4. The predicted molar refractivity (Wildman–Crippen MR) is 165 cm³/mol. The van der Waals surface area contributed by atoms with Crippen LogP contribution in [-0.2, 0) is 57.3 Å². The zero-order valence-electron chi connectivity index (χ0n) is 27.1. The summed E-state index contributed by atoms with van der Waals surface area (Å²) in [5.74, 6) is -5.91. The van der Waals surface area contributed by atoms with Crippen molar-refractivity contribution < 1.29 is 57.3 Å². The molecule has 2 aliphatic heterocycles. The van der Waals surface area contributed by atoms with E-state index < -0.39 is 79.2 Å². The Morgan fingerprint density at radius 3 is 1.35 bits per heavy atom. The second kappa shape index (κ2) is 16.6. The van der Waals surface area contributed by atoms with E-state index in [-0.39, 0.29) is 32.7 Å². The Labute approximate surface area is 281 Å². The number of imide groups is 2. The van der Waals surface area contributed by atoms with Crippen LogP contribution >= 0.6 is 0 Å². The Hall–Kier alpha value is -5.48. The normalized spacial score (nSPS) is 17.6. The highest BCUT2D eigenvalue weighted by molar-refractivity contribution is 6.00. The number of carbonyl (C=O) groups excluding carboxylic acids is 8. The van der Waals surface area contributed by atoms with Crippen LogP contribution in [0.25, 0.3) is 0 Å². The smallest absolute Gasteiger partial charge is 0.353 e. The third-order valence-corrected chi connectivity index (χ3v) is 7.62. The topological polar surface area (TPSA) is 186 Å². The first-order valence-electron chi connectivity index (χ1n) is 15.2. The number of hydrogen-bond acceptors (Lipinski definition) is 14. The number of esters is 4. The van der Waals surface area contributed by atoms with Crippen molar-refractivity contribution in [3.05, 3.63) is 71.8 Å². The van der Waals surface area contributed by atoms with E-state index in [0.717, 1.165) is 23.6 Å². The van der Waals surface area contributed by atoms with Gasteiger partial charge in [-0.3, -0.25) is 38.6 Å². The van der Waals surface area contributed by atoms with Gasteiger partial charge in [0.1, 0.15) is 0 Å². The van der Waals surface area contributed by atoms with Gasteiger partial charge in [-0.15, -0.1) is 0 Å². The minimum absolute atomic E-state index is 0.143. The molecule has 0 bridgehead atoms. The Morgan fingerprint density at radius 2 is 0.980 bits per heavy atom. The van der Waals surface area contributed by atoms with Crippen LogP contribution < -0.4 is 0 Å². The largest absolute Gasteiger partial charge is 0.446 e.